The van der Waals surface area contributed by atoms with Crippen LogP contribution in [-0.2, 0) is 9.53 Å². The Kier molecular flexibility index (Phi) is 6.57. The first kappa shape index (κ1) is 18.5. The molecular weight excluding hydrogens is 318 g/mol. The summed E-state index contributed by atoms with van der Waals surface area (Å²) in [5.41, 5.74) is 3.82. The smallest absolute Gasteiger partial charge is 0.325 e. The second-order valence-corrected chi connectivity index (χ2v) is 5.86. The zero-order chi connectivity index (χ0) is 18.2. The van der Waals surface area contributed by atoms with Crippen LogP contribution < -0.4 is 10.1 Å². The van der Waals surface area contributed by atoms with Crippen molar-refractivity contribution in [3.63, 3.8) is 0 Å². The molecule has 132 valence electrons. The highest BCUT2D eigenvalue weighted by atomic mass is 16.6. The minimum atomic E-state index is -0.496. The molecule has 0 aliphatic rings. The molecule has 1 N–H and O–H groups in total. The fourth-order valence-corrected chi connectivity index (χ4v) is 2.14. The van der Waals surface area contributed by atoms with Crippen LogP contribution >= 0.6 is 0 Å². The quantitative estimate of drug-likeness (QED) is 0.621. The van der Waals surface area contributed by atoms with Gasteiger partial charge in [-0.25, -0.2) is 0 Å². The van der Waals surface area contributed by atoms with Gasteiger partial charge in [0.2, 0.25) is 0 Å². The van der Waals surface area contributed by atoms with E-state index in [0.717, 1.165) is 22.4 Å². The lowest BCUT2D eigenvalue weighted by molar-refractivity contribution is -0.143. The Bertz CT molecular complexity index is 738. The number of hydrogen-bond donors (Lipinski definition) is 1. The number of ether oxygens (including phenoxy) is 2. The van der Waals surface area contributed by atoms with Crippen molar-refractivity contribution >= 4 is 11.9 Å². The fraction of sp³-hybridized carbons (Fsp3) is 0.300. The number of hydrogen-bond acceptors (Lipinski definition) is 4. The van der Waals surface area contributed by atoms with Crippen LogP contribution in [0, 0.1) is 20.8 Å². The summed E-state index contributed by atoms with van der Waals surface area (Å²) in [6, 6.07) is 13.0. The van der Waals surface area contributed by atoms with Gasteiger partial charge in [0, 0.05) is 5.56 Å². The van der Waals surface area contributed by atoms with E-state index < -0.39 is 5.97 Å². The number of esters is 1. The summed E-state index contributed by atoms with van der Waals surface area (Å²) in [5.74, 6) is -0.0645. The minimum Gasteiger partial charge on any atom is -0.490 e. The largest absolute Gasteiger partial charge is 0.490 e. The predicted molar refractivity (Wildman–Crippen MR) is 95.9 cm³/mol. The molecule has 0 aromatic heterocycles. The number of benzene rings is 2. The topological polar surface area (TPSA) is 64.6 Å². The molecule has 2 rings (SSSR count). The van der Waals surface area contributed by atoms with Gasteiger partial charge in [0.25, 0.3) is 5.91 Å². The van der Waals surface area contributed by atoms with E-state index in [1.165, 1.54) is 0 Å². The van der Waals surface area contributed by atoms with E-state index in [0.29, 0.717) is 5.56 Å². The maximum atomic E-state index is 12.0. The standard InChI is InChI=1S/C20H23NO4/c1-14-4-8-18(9-5-14)24-10-11-25-19(22)13-21-20(23)17-7-6-15(2)16(3)12-17/h4-9,12H,10-11,13H2,1-3H3,(H,21,23). The Morgan fingerprint density at radius 3 is 2.32 bits per heavy atom. The van der Waals surface area contributed by atoms with Gasteiger partial charge < -0.3 is 14.8 Å². The summed E-state index contributed by atoms with van der Waals surface area (Å²) in [6.45, 7) is 6.14. The average molecular weight is 341 g/mol. The van der Waals surface area contributed by atoms with Crippen LogP contribution in [0.25, 0.3) is 0 Å². The number of carbonyl (C=O) groups is 2. The Labute approximate surface area is 148 Å². The maximum absolute atomic E-state index is 12.0. The Morgan fingerprint density at radius 1 is 0.920 bits per heavy atom. The lowest BCUT2D eigenvalue weighted by atomic mass is 10.1. The number of rotatable bonds is 7. The fourth-order valence-electron chi connectivity index (χ4n) is 2.14. The number of nitrogens with one attached hydrogen (secondary N) is 1. The molecule has 0 radical (unpaired) electrons. The SMILES string of the molecule is Cc1ccc(OCCOC(=O)CNC(=O)c2ccc(C)c(C)c2)cc1. The highest BCUT2D eigenvalue weighted by Crippen LogP contribution is 2.11. The first-order valence-corrected chi connectivity index (χ1v) is 8.16. The third kappa shape index (κ3) is 5.95. The van der Waals surface area contributed by atoms with Gasteiger partial charge in [0.05, 0.1) is 0 Å². The monoisotopic (exact) mass is 341 g/mol. The summed E-state index contributed by atoms with van der Waals surface area (Å²) >= 11 is 0. The van der Waals surface area contributed by atoms with Gasteiger partial charge in [-0.3, -0.25) is 9.59 Å². The second kappa shape index (κ2) is 8.87. The van der Waals surface area contributed by atoms with E-state index in [1.807, 2.05) is 51.1 Å². The second-order valence-electron chi connectivity index (χ2n) is 5.86. The van der Waals surface area contributed by atoms with Crippen LogP contribution in [0.5, 0.6) is 5.75 Å². The zero-order valence-corrected chi connectivity index (χ0v) is 14.8. The van der Waals surface area contributed by atoms with E-state index in [1.54, 1.807) is 12.1 Å². The highest BCUT2D eigenvalue weighted by molar-refractivity contribution is 5.96. The molecule has 2 aromatic carbocycles. The maximum Gasteiger partial charge on any atom is 0.325 e. The van der Waals surface area contributed by atoms with Gasteiger partial charge >= 0.3 is 5.97 Å². The van der Waals surface area contributed by atoms with Crippen molar-refractivity contribution in [3.8, 4) is 5.75 Å². The Hall–Kier alpha value is -2.82. The number of carbonyl (C=O) groups excluding carboxylic acids is 2. The molecule has 0 fully saturated rings. The molecule has 5 nitrogen and oxygen atoms in total. The van der Waals surface area contributed by atoms with E-state index >= 15 is 0 Å². The molecule has 2 aromatic rings. The van der Waals surface area contributed by atoms with Crippen LogP contribution in [0.3, 0.4) is 0 Å². The van der Waals surface area contributed by atoms with E-state index in [-0.39, 0.29) is 25.7 Å². The van der Waals surface area contributed by atoms with Gasteiger partial charge in [-0.1, -0.05) is 23.8 Å². The molecule has 0 aliphatic heterocycles. The van der Waals surface area contributed by atoms with Crippen LogP contribution in [-0.4, -0.2) is 31.6 Å². The molecule has 0 atom stereocenters. The minimum absolute atomic E-state index is 0.131. The van der Waals surface area contributed by atoms with Crippen LogP contribution in [0.15, 0.2) is 42.5 Å². The van der Waals surface area contributed by atoms with Gasteiger partial charge in [-0.2, -0.15) is 0 Å². The molecule has 0 heterocycles. The van der Waals surface area contributed by atoms with Gasteiger partial charge in [0.15, 0.2) is 0 Å². The van der Waals surface area contributed by atoms with E-state index in [4.69, 9.17) is 9.47 Å². The molecule has 0 saturated carbocycles. The van der Waals surface area contributed by atoms with Crippen molar-refractivity contribution in [1.82, 2.24) is 5.32 Å². The summed E-state index contributed by atoms with van der Waals surface area (Å²) in [4.78, 5) is 23.7. The van der Waals surface area contributed by atoms with E-state index in [2.05, 4.69) is 5.32 Å². The summed E-state index contributed by atoms with van der Waals surface area (Å²) in [5, 5.41) is 2.56. The molecule has 1 amide bonds. The third-order valence-electron chi connectivity index (χ3n) is 3.80. The van der Waals surface area contributed by atoms with Crippen LogP contribution in [0.4, 0.5) is 0 Å². The van der Waals surface area contributed by atoms with Crippen molar-refractivity contribution < 1.29 is 19.1 Å². The molecular formula is C20H23NO4. The molecule has 0 unspecified atom stereocenters. The first-order chi connectivity index (χ1) is 12.0. The summed E-state index contributed by atoms with van der Waals surface area (Å²) in [6.07, 6.45) is 0. The van der Waals surface area contributed by atoms with Crippen molar-refractivity contribution in [3.05, 3.63) is 64.7 Å². The average Bonchev–Trinajstić information content (AvgIpc) is 2.60. The molecule has 25 heavy (non-hydrogen) atoms. The lowest BCUT2D eigenvalue weighted by Crippen LogP contribution is -2.31. The summed E-state index contributed by atoms with van der Waals surface area (Å²) < 4.78 is 10.5. The third-order valence-corrected chi connectivity index (χ3v) is 3.80. The number of aryl methyl sites for hydroxylation is 3. The number of amides is 1. The van der Waals surface area contributed by atoms with Gasteiger partial charge in [-0.15, -0.1) is 0 Å². The highest BCUT2D eigenvalue weighted by Gasteiger charge is 2.09. The van der Waals surface area contributed by atoms with E-state index in [9.17, 15) is 9.59 Å². The molecule has 5 heteroatoms. The predicted octanol–water partition coefficient (Wildman–Crippen LogP) is 2.96. The molecule has 0 bridgehead atoms. The molecule has 0 saturated heterocycles. The molecule has 0 aliphatic carbocycles. The summed E-state index contributed by atoms with van der Waals surface area (Å²) in [7, 11) is 0. The Balaban J connectivity index is 1.67. The zero-order valence-electron chi connectivity index (χ0n) is 14.8. The normalized spacial score (nSPS) is 10.2. The van der Waals surface area contributed by atoms with Crippen molar-refractivity contribution in [2.75, 3.05) is 19.8 Å². The van der Waals surface area contributed by atoms with Gasteiger partial charge in [-0.05, 0) is 56.2 Å². The van der Waals surface area contributed by atoms with Crippen LogP contribution in [0.2, 0.25) is 0 Å². The van der Waals surface area contributed by atoms with Gasteiger partial charge in [0.1, 0.15) is 25.5 Å². The first-order valence-electron chi connectivity index (χ1n) is 8.16. The van der Waals surface area contributed by atoms with Crippen molar-refractivity contribution in [2.24, 2.45) is 0 Å². The van der Waals surface area contributed by atoms with Crippen LogP contribution in [0.1, 0.15) is 27.0 Å². The Morgan fingerprint density at radius 2 is 1.64 bits per heavy atom. The lowest BCUT2D eigenvalue weighted by Gasteiger charge is -2.09. The van der Waals surface area contributed by atoms with Crippen molar-refractivity contribution in [1.29, 1.82) is 0 Å². The molecule has 0 spiro atoms. The van der Waals surface area contributed by atoms with Crippen molar-refractivity contribution in [2.45, 2.75) is 20.8 Å².